The number of carbonyl (C=O) groups is 2. The molecule has 1 saturated heterocycles. The number of nitrogens with one attached hydrogen (secondary N) is 1. The number of anilines is 1. The minimum atomic E-state index is -0.226. The van der Waals surface area contributed by atoms with E-state index in [1.54, 1.807) is 24.1 Å². The quantitative estimate of drug-likeness (QED) is 0.803. The summed E-state index contributed by atoms with van der Waals surface area (Å²) in [5, 5.41) is 3.33. The first kappa shape index (κ1) is 20.1. The number of benzene rings is 1. The van der Waals surface area contributed by atoms with Crippen LogP contribution in [-0.4, -0.2) is 41.9 Å². The van der Waals surface area contributed by atoms with Crippen LogP contribution in [0.3, 0.4) is 0 Å². The molecule has 2 aromatic rings. The molecule has 2 amide bonds. The summed E-state index contributed by atoms with van der Waals surface area (Å²) in [4.78, 5) is 31.0. The Morgan fingerprint density at radius 3 is 2.71 bits per heavy atom. The van der Waals surface area contributed by atoms with Gasteiger partial charge in [-0.25, -0.2) is 4.98 Å². The molecule has 1 aromatic carbocycles. The van der Waals surface area contributed by atoms with Crippen LogP contribution >= 0.6 is 11.6 Å². The van der Waals surface area contributed by atoms with Gasteiger partial charge in [0.25, 0.3) is 0 Å². The number of aromatic nitrogens is 1. The summed E-state index contributed by atoms with van der Waals surface area (Å²) in [5.41, 5.74) is 1.09. The lowest BCUT2D eigenvalue weighted by molar-refractivity contribution is -0.134. The van der Waals surface area contributed by atoms with Gasteiger partial charge < -0.3 is 15.0 Å². The van der Waals surface area contributed by atoms with Crippen LogP contribution in [0.1, 0.15) is 24.8 Å². The maximum Gasteiger partial charge on any atom is 0.230 e. The monoisotopic (exact) mass is 401 g/mol. The van der Waals surface area contributed by atoms with Crippen LogP contribution in [0.15, 0.2) is 42.6 Å². The third kappa shape index (κ3) is 5.45. The van der Waals surface area contributed by atoms with Crippen LogP contribution in [0, 0.1) is 5.92 Å². The van der Waals surface area contributed by atoms with Gasteiger partial charge in [-0.2, -0.15) is 0 Å². The van der Waals surface area contributed by atoms with Crippen molar-refractivity contribution in [2.24, 2.45) is 5.92 Å². The molecular formula is C21H24ClN3O3. The normalized spacial score (nSPS) is 16.5. The van der Waals surface area contributed by atoms with Crippen LogP contribution in [0.5, 0.6) is 5.75 Å². The van der Waals surface area contributed by atoms with Crippen LogP contribution < -0.4 is 10.1 Å². The smallest absolute Gasteiger partial charge is 0.230 e. The molecule has 148 valence electrons. The van der Waals surface area contributed by atoms with E-state index in [0.29, 0.717) is 36.8 Å². The number of amides is 2. The van der Waals surface area contributed by atoms with Gasteiger partial charge in [-0.15, -0.1) is 0 Å². The molecule has 1 aliphatic rings. The van der Waals surface area contributed by atoms with Crippen molar-refractivity contribution in [2.45, 2.75) is 25.7 Å². The molecule has 0 radical (unpaired) electrons. The fourth-order valence-electron chi connectivity index (χ4n) is 3.30. The number of pyridine rings is 1. The average molecular weight is 402 g/mol. The topological polar surface area (TPSA) is 71.5 Å². The number of likely N-dealkylation sites (tertiary alicyclic amines) is 1. The van der Waals surface area contributed by atoms with Gasteiger partial charge in [0.1, 0.15) is 11.6 Å². The number of nitrogens with zero attached hydrogens (tertiary/aromatic N) is 2. The number of halogens is 1. The Kier molecular flexibility index (Phi) is 6.87. The molecule has 28 heavy (non-hydrogen) atoms. The molecule has 0 saturated carbocycles. The Morgan fingerprint density at radius 1 is 1.25 bits per heavy atom. The molecule has 1 unspecified atom stereocenters. The predicted octanol–water partition coefficient (Wildman–Crippen LogP) is 3.55. The highest BCUT2D eigenvalue weighted by atomic mass is 35.5. The average Bonchev–Trinajstić information content (AvgIpc) is 2.74. The van der Waals surface area contributed by atoms with Crippen molar-refractivity contribution in [1.29, 1.82) is 0 Å². The first-order chi connectivity index (χ1) is 13.5. The lowest BCUT2D eigenvalue weighted by Gasteiger charge is -2.32. The maximum absolute atomic E-state index is 12.6. The standard InChI is InChI=1S/C21H24ClN3O3/c1-28-18-8-4-15(5-9-18)6-11-20(26)25-12-2-3-16(14-25)21(27)24-19-10-7-17(22)13-23-19/h4-5,7-10,13,16H,2-3,6,11-12,14H2,1H3,(H,23,24,27). The third-order valence-electron chi connectivity index (χ3n) is 4.91. The number of hydrogen-bond donors (Lipinski definition) is 1. The number of ether oxygens (including phenoxy) is 1. The molecule has 1 aromatic heterocycles. The molecule has 1 aliphatic heterocycles. The molecule has 1 atom stereocenters. The van der Waals surface area contributed by atoms with Crippen LogP contribution in [-0.2, 0) is 16.0 Å². The van der Waals surface area contributed by atoms with Gasteiger partial charge in [0.15, 0.2) is 0 Å². The Morgan fingerprint density at radius 2 is 2.04 bits per heavy atom. The number of methoxy groups -OCH3 is 1. The zero-order valence-electron chi connectivity index (χ0n) is 15.9. The minimum absolute atomic E-state index is 0.0814. The first-order valence-corrected chi connectivity index (χ1v) is 9.76. The lowest BCUT2D eigenvalue weighted by Crippen LogP contribution is -2.43. The highest BCUT2D eigenvalue weighted by Gasteiger charge is 2.28. The van der Waals surface area contributed by atoms with Crippen molar-refractivity contribution < 1.29 is 14.3 Å². The van der Waals surface area contributed by atoms with E-state index in [4.69, 9.17) is 16.3 Å². The molecule has 0 aliphatic carbocycles. The summed E-state index contributed by atoms with van der Waals surface area (Å²) in [5.74, 6) is 1.02. The Bertz CT molecular complexity index is 809. The number of aryl methyl sites for hydroxylation is 1. The largest absolute Gasteiger partial charge is 0.497 e. The second-order valence-corrected chi connectivity index (χ2v) is 7.31. The van der Waals surface area contributed by atoms with Crippen LogP contribution in [0.25, 0.3) is 0 Å². The summed E-state index contributed by atoms with van der Waals surface area (Å²) in [6, 6.07) is 11.1. The lowest BCUT2D eigenvalue weighted by atomic mass is 9.96. The number of piperidine rings is 1. The highest BCUT2D eigenvalue weighted by Crippen LogP contribution is 2.20. The first-order valence-electron chi connectivity index (χ1n) is 9.38. The molecule has 3 rings (SSSR count). The van der Waals surface area contributed by atoms with Crippen molar-refractivity contribution >= 4 is 29.2 Å². The van der Waals surface area contributed by atoms with Gasteiger partial charge in [-0.05, 0) is 49.1 Å². The van der Waals surface area contributed by atoms with Crippen molar-refractivity contribution in [2.75, 3.05) is 25.5 Å². The van der Waals surface area contributed by atoms with Crippen molar-refractivity contribution in [3.8, 4) is 5.75 Å². The summed E-state index contributed by atoms with van der Waals surface area (Å²) in [6.07, 6.45) is 4.18. The van der Waals surface area contributed by atoms with Gasteiger partial charge in [-0.1, -0.05) is 23.7 Å². The van der Waals surface area contributed by atoms with E-state index in [1.807, 2.05) is 24.3 Å². The van der Waals surface area contributed by atoms with E-state index in [1.165, 1.54) is 6.20 Å². The molecule has 1 fully saturated rings. The van der Waals surface area contributed by atoms with Gasteiger partial charge in [0.05, 0.1) is 18.1 Å². The Hall–Kier alpha value is -2.60. The molecule has 1 N–H and O–H groups in total. The summed E-state index contributed by atoms with van der Waals surface area (Å²) >= 11 is 5.81. The molecular weight excluding hydrogens is 378 g/mol. The van der Waals surface area contributed by atoms with Crippen molar-refractivity contribution in [1.82, 2.24) is 9.88 Å². The van der Waals surface area contributed by atoms with Gasteiger partial charge in [-0.3, -0.25) is 9.59 Å². The van der Waals surface area contributed by atoms with Gasteiger partial charge in [0.2, 0.25) is 11.8 Å². The van der Waals surface area contributed by atoms with E-state index in [2.05, 4.69) is 10.3 Å². The van der Waals surface area contributed by atoms with E-state index in [0.717, 1.165) is 24.2 Å². The van der Waals surface area contributed by atoms with Gasteiger partial charge in [0, 0.05) is 25.7 Å². The van der Waals surface area contributed by atoms with E-state index < -0.39 is 0 Å². The fraction of sp³-hybridized carbons (Fsp3) is 0.381. The zero-order valence-corrected chi connectivity index (χ0v) is 16.6. The molecule has 6 nitrogen and oxygen atoms in total. The Balaban J connectivity index is 1.50. The maximum atomic E-state index is 12.6. The van der Waals surface area contributed by atoms with E-state index >= 15 is 0 Å². The molecule has 7 heteroatoms. The van der Waals surface area contributed by atoms with Crippen molar-refractivity contribution in [3.05, 3.63) is 53.2 Å². The second kappa shape index (κ2) is 9.55. The number of rotatable bonds is 6. The SMILES string of the molecule is COc1ccc(CCC(=O)N2CCCC(C(=O)Nc3ccc(Cl)cn3)C2)cc1. The summed E-state index contributed by atoms with van der Waals surface area (Å²) < 4.78 is 5.15. The second-order valence-electron chi connectivity index (χ2n) is 6.88. The molecule has 2 heterocycles. The van der Waals surface area contributed by atoms with E-state index in [-0.39, 0.29) is 17.7 Å². The predicted molar refractivity (Wildman–Crippen MR) is 108 cm³/mol. The fourth-order valence-corrected chi connectivity index (χ4v) is 3.41. The molecule has 0 bridgehead atoms. The van der Waals surface area contributed by atoms with Gasteiger partial charge >= 0.3 is 0 Å². The number of carbonyl (C=O) groups excluding carboxylic acids is 2. The number of hydrogen-bond acceptors (Lipinski definition) is 4. The minimum Gasteiger partial charge on any atom is -0.497 e. The summed E-state index contributed by atoms with van der Waals surface area (Å²) in [6.45, 7) is 1.14. The highest BCUT2D eigenvalue weighted by molar-refractivity contribution is 6.30. The van der Waals surface area contributed by atoms with Crippen LogP contribution in [0.4, 0.5) is 5.82 Å². The Labute approximate surface area is 169 Å². The van der Waals surface area contributed by atoms with E-state index in [9.17, 15) is 9.59 Å². The van der Waals surface area contributed by atoms with Crippen molar-refractivity contribution in [3.63, 3.8) is 0 Å². The molecule has 0 spiro atoms. The zero-order chi connectivity index (χ0) is 19.9. The third-order valence-corrected chi connectivity index (χ3v) is 5.13. The summed E-state index contributed by atoms with van der Waals surface area (Å²) in [7, 11) is 1.63. The van der Waals surface area contributed by atoms with Crippen LogP contribution in [0.2, 0.25) is 5.02 Å².